The zero-order chi connectivity index (χ0) is 11.2. The smallest absolute Gasteiger partial charge is 0.201 e. The zero-order valence-electron chi connectivity index (χ0n) is 7.23. The van der Waals surface area contributed by atoms with Crippen molar-refractivity contribution in [1.29, 1.82) is 0 Å². The minimum atomic E-state index is -0.816. The average molecular weight is 460 g/mol. The van der Waals surface area contributed by atoms with Crippen LogP contribution in [0.1, 0.15) is 11.1 Å². The van der Waals surface area contributed by atoms with Gasteiger partial charge in [0, 0.05) is 4.47 Å². The molecule has 0 heterocycles. The third-order valence-electron chi connectivity index (χ3n) is 2.14. The highest BCUT2D eigenvalue weighted by Crippen LogP contribution is 2.47. The first kappa shape index (κ1) is 12.0. The maximum Gasteiger partial charge on any atom is 0.201 e. The van der Waals surface area contributed by atoms with Gasteiger partial charge in [0.15, 0.2) is 3.23 Å². The van der Waals surface area contributed by atoms with E-state index in [9.17, 15) is 4.79 Å². The number of rotatable bonds is 0. The van der Waals surface area contributed by atoms with E-state index >= 15 is 0 Å². The Morgan fingerprint density at radius 2 is 1.80 bits per heavy atom. The molecule has 78 valence electrons. The monoisotopic (exact) mass is 456 g/mol. The molecule has 0 saturated heterocycles. The summed E-state index contributed by atoms with van der Waals surface area (Å²) < 4.78 is 0.730. The summed E-state index contributed by atoms with van der Waals surface area (Å²) in [5.74, 6) is -0.0303. The molecular formula is C10H4Br4O. The minimum Gasteiger partial charge on any atom is -0.291 e. The summed E-state index contributed by atoms with van der Waals surface area (Å²) in [6.45, 7) is 0. The number of alkyl halides is 2. The topological polar surface area (TPSA) is 17.1 Å². The molecule has 1 nitrogen and oxygen atoms in total. The van der Waals surface area contributed by atoms with E-state index < -0.39 is 3.23 Å². The van der Waals surface area contributed by atoms with Crippen LogP contribution in [0, 0.1) is 0 Å². The van der Waals surface area contributed by atoms with Gasteiger partial charge >= 0.3 is 0 Å². The number of hydrogen-bond donors (Lipinski definition) is 0. The molecule has 1 aliphatic rings. The lowest BCUT2D eigenvalue weighted by molar-refractivity contribution is -0.115. The second-order valence-corrected chi connectivity index (χ2v) is 8.34. The van der Waals surface area contributed by atoms with Crippen molar-refractivity contribution in [2.45, 2.75) is 3.23 Å². The molecule has 0 aliphatic heterocycles. The second-order valence-electron chi connectivity index (χ2n) is 3.13. The summed E-state index contributed by atoms with van der Waals surface area (Å²) in [5, 5.41) is 0. The molecule has 1 aromatic carbocycles. The lowest BCUT2D eigenvalue weighted by Gasteiger charge is -2.25. The average Bonchev–Trinajstić information content (AvgIpc) is 2.14. The molecular weight excluding hydrogens is 456 g/mol. The number of allylic oxidation sites excluding steroid dienone is 1. The zero-order valence-corrected chi connectivity index (χ0v) is 13.6. The van der Waals surface area contributed by atoms with Gasteiger partial charge in [0.1, 0.15) is 0 Å². The van der Waals surface area contributed by atoms with Crippen molar-refractivity contribution >= 4 is 75.6 Å². The van der Waals surface area contributed by atoms with E-state index in [0.29, 0.717) is 4.48 Å². The van der Waals surface area contributed by atoms with Crippen molar-refractivity contribution in [3.63, 3.8) is 0 Å². The molecule has 5 heteroatoms. The van der Waals surface area contributed by atoms with Gasteiger partial charge in [-0.05, 0) is 45.3 Å². The predicted octanol–water partition coefficient (Wildman–Crippen LogP) is 4.71. The van der Waals surface area contributed by atoms with Gasteiger partial charge in [-0.15, -0.1) is 0 Å². The number of benzene rings is 1. The molecule has 0 fully saturated rings. The van der Waals surface area contributed by atoms with Gasteiger partial charge in [0.05, 0.1) is 4.48 Å². The molecule has 0 radical (unpaired) electrons. The van der Waals surface area contributed by atoms with Crippen molar-refractivity contribution in [1.82, 2.24) is 0 Å². The molecule has 0 atom stereocenters. The van der Waals surface area contributed by atoms with E-state index in [4.69, 9.17) is 0 Å². The van der Waals surface area contributed by atoms with Crippen molar-refractivity contribution in [3.05, 3.63) is 38.3 Å². The maximum atomic E-state index is 11.9. The van der Waals surface area contributed by atoms with E-state index in [0.717, 1.165) is 15.6 Å². The van der Waals surface area contributed by atoms with Crippen LogP contribution in [0.2, 0.25) is 0 Å². The minimum absolute atomic E-state index is 0.0303. The van der Waals surface area contributed by atoms with Crippen LogP contribution in [0.15, 0.2) is 27.2 Å². The van der Waals surface area contributed by atoms with E-state index in [1.165, 1.54) is 0 Å². The number of ketones is 1. The Labute approximate surface area is 121 Å². The fraction of sp³-hybridized carbons (Fsp3) is 0.100. The van der Waals surface area contributed by atoms with Gasteiger partial charge in [-0.1, -0.05) is 53.9 Å². The first-order valence-electron chi connectivity index (χ1n) is 4.03. The largest absolute Gasteiger partial charge is 0.291 e. The quantitative estimate of drug-likeness (QED) is 0.514. The number of fused-ring (bicyclic) bond motifs is 1. The van der Waals surface area contributed by atoms with Crippen LogP contribution in [-0.4, -0.2) is 5.78 Å². The van der Waals surface area contributed by atoms with E-state index in [1.54, 1.807) is 0 Å². The van der Waals surface area contributed by atoms with Crippen LogP contribution < -0.4 is 0 Å². The van der Waals surface area contributed by atoms with Gasteiger partial charge in [-0.2, -0.15) is 0 Å². The molecule has 1 aromatic rings. The Morgan fingerprint density at radius 3 is 2.47 bits per heavy atom. The summed E-state index contributed by atoms with van der Waals surface area (Å²) >= 11 is 13.5. The van der Waals surface area contributed by atoms with Crippen molar-refractivity contribution in [2.75, 3.05) is 0 Å². The normalized spacial score (nSPS) is 18.4. The van der Waals surface area contributed by atoms with Crippen molar-refractivity contribution in [2.24, 2.45) is 0 Å². The van der Waals surface area contributed by atoms with Gasteiger partial charge < -0.3 is 0 Å². The standard InChI is InChI=1S/C10H4Br4O/c11-6-1-2-7-5(3-6)4-8(12)9(15)10(7,13)14/h1-4H. The van der Waals surface area contributed by atoms with Crippen LogP contribution in [0.25, 0.3) is 6.08 Å². The highest BCUT2D eigenvalue weighted by molar-refractivity contribution is 9.25. The number of carbonyl (C=O) groups is 1. The molecule has 0 unspecified atom stereocenters. The first-order chi connectivity index (χ1) is 6.93. The molecule has 0 saturated carbocycles. The van der Waals surface area contributed by atoms with E-state index in [1.807, 2.05) is 24.3 Å². The Hall–Kier alpha value is 0.550. The van der Waals surface area contributed by atoms with Crippen LogP contribution in [-0.2, 0) is 8.03 Å². The van der Waals surface area contributed by atoms with Gasteiger partial charge in [-0.3, -0.25) is 4.79 Å². The Kier molecular flexibility index (Phi) is 3.28. The molecule has 0 amide bonds. The highest BCUT2D eigenvalue weighted by atomic mass is 79.9. The third kappa shape index (κ3) is 2.04. The maximum absolute atomic E-state index is 11.9. The molecule has 0 spiro atoms. The SMILES string of the molecule is O=C1C(Br)=Cc2cc(Br)ccc2C1(Br)Br. The molecule has 0 bridgehead atoms. The summed E-state index contributed by atoms with van der Waals surface area (Å²) in [6, 6.07) is 5.80. The van der Waals surface area contributed by atoms with Crippen LogP contribution >= 0.6 is 63.7 Å². The second kappa shape index (κ2) is 4.09. The number of halogens is 4. The van der Waals surface area contributed by atoms with Gasteiger partial charge in [0.2, 0.25) is 5.78 Å². The van der Waals surface area contributed by atoms with Crippen molar-refractivity contribution in [3.8, 4) is 0 Å². The van der Waals surface area contributed by atoms with Crippen LogP contribution in [0.3, 0.4) is 0 Å². The molecule has 0 N–H and O–H groups in total. The summed E-state index contributed by atoms with van der Waals surface area (Å²) in [5.41, 5.74) is 1.92. The van der Waals surface area contributed by atoms with E-state index in [2.05, 4.69) is 63.7 Å². The molecule has 0 aromatic heterocycles. The van der Waals surface area contributed by atoms with E-state index in [-0.39, 0.29) is 5.78 Å². The van der Waals surface area contributed by atoms with Gasteiger partial charge in [0.25, 0.3) is 0 Å². The Morgan fingerprint density at radius 1 is 1.13 bits per heavy atom. The fourth-order valence-corrected chi connectivity index (χ4v) is 4.02. The number of hydrogen-bond acceptors (Lipinski definition) is 1. The van der Waals surface area contributed by atoms with Crippen molar-refractivity contribution < 1.29 is 4.79 Å². The molecule has 1 aliphatic carbocycles. The lowest BCUT2D eigenvalue weighted by Crippen LogP contribution is -2.26. The summed E-state index contributed by atoms with van der Waals surface area (Å²) in [4.78, 5) is 11.9. The number of carbonyl (C=O) groups excluding carboxylic acids is 1. The van der Waals surface area contributed by atoms with Crippen LogP contribution in [0.5, 0.6) is 0 Å². The summed E-state index contributed by atoms with van der Waals surface area (Å²) in [7, 11) is 0. The predicted molar refractivity (Wildman–Crippen MR) is 75.6 cm³/mol. The third-order valence-corrected chi connectivity index (χ3v) is 4.79. The fourth-order valence-electron chi connectivity index (χ4n) is 1.41. The highest BCUT2D eigenvalue weighted by Gasteiger charge is 2.40. The Bertz CT molecular complexity index is 476. The molecule has 2 rings (SSSR count). The Balaban J connectivity index is 2.72. The molecule has 15 heavy (non-hydrogen) atoms. The first-order valence-corrected chi connectivity index (χ1v) is 7.20. The van der Waals surface area contributed by atoms with Gasteiger partial charge in [-0.25, -0.2) is 0 Å². The number of Topliss-reactive ketones (excluding diaryl/α,β-unsaturated/α-hetero) is 1. The summed E-state index contributed by atoms with van der Waals surface area (Å²) in [6.07, 6.45) is 1.82. The lowest BCUT2D eigenvalue weighted by atomic mass is 9.96. The van der Waals surface area contributed by atoms with Crippen LogP contribution in [0.4, 0.5) is 0 Å².